The van der Waals surface area contributed by atoms with Crippen molar-refractivity contribution in [1.29, 1.82) is 0 Å². The standard InChI is InChI=1S/C23H33NOS/c1-3-23(4-2)19-13-9-8-12-17(19)18-14-21(25)22(15-20(18)24-23)26-16-10-6-5-7-11-16/h14-16,24-25H,3-13H2,1-2H3. The predicted octanol–water partition coefficient (Wildman–Crippen LogP) is 7.13. The second-order valence-electron chi connectivity index (χ2n) is 8.32. The highest BCUT2D eigenvalue weighted by Gasteiger charge is 2.38. The Morgan fingerprint density at radius 3 is 2.50 bits per heavy atom. The number of phenols is 1. The monoisotopic (exact) mass is 371 g/mol. The van der Waals surface area contributed by atoms with E-state index in [-0.39, 0.29) is 5.54 Å². The smallest absolute Gasteiger partial charge is 0.129 e. The average molecular weight is 372 g/mol. The number of hydrogen-bond donors (Lipinski definition) is 2. The first-order valence-corrected chi connectivity index (χ1v) is 11.6. The lowest BCUT2D eigenvalue weighted by atomic mass is 9.71. The molecule has 0 spiro atoms. The summed E-state index contributed by atoms with van der Waals surface area (Å²) in [4.78, 5) is 1.07. The molecular formula is C23H33NOS. The number of benzene rings is 1. The Morgan fingerprint density at radius 1 is 1.04 bits per heavy atom. The average Bonchev–Trinajstić information content (AvgIpc) is 2.69. The Labute approximate surface area is 162 Å². The third-order valence-electron chi connectivity index (χ3n) is 6.90. The van der Waals surface area contributed by atoms with Crippen LogP contribution in [0.5, 0.6) is 5.75 Å². The molecule has 1 aromatic carbocycles. The van der Waals surface area contributed by atoms with Gasteiger partial charge in [0.1, 0.15) is 5.75 Å². The van der Waals surface area contributed by atoms with Gasteiger partial charge in [0.05, 0.1) is 10.4 Å². The zero-order valence-corrected chi connectivity index (χ0v) is 17.2. The van der Waals surface area contributed by atoms with Crippen molar-refractivity contribution in [2.24, 2.45) is 0 Å². The quantitative estimate of drug-likeness (QED) is 0.552. The van der Waals surface area contributed by atoms with Crippen molar-refractivity contribution < 1.29 is 5.11 Å². The second-order valence-corrected chi connectivity index (χ2v) is 9.66. The van der Waals surface area contributed by atoms with Crippen LogP contribution in [0.2, 0.25) is 0 Å². The van der Waals surface area contributed by atoms with E-state index in [4.69, 9.17) is 0 Å². The van der Waals surface area contributed by atoms with Crippen LogP contribution in [-0.4, -0.2) is 15.9 Å². The third kappa shape index (κ3) is 3.17. The maximum atomic E-state index is 10.8. The number of thioether (sulfide) groups is 1. The van der Waals surface area contributed by atoms with Gasteiger partial charge < -0.3 is 10.4 Å². The van der Waals surface area contributed by atoms with Crippen LogP contribution >= 0.6 is 11.8 Å². The molecule has 0 bridgehead atoms. The molecule has 1 aromatic rings. The first-order valence-electron chi connectivity index (χ1n) is 10.7. The van der Waals surface area contributed by atoms with E-state index in [9.17, 15) is 5.11 Å². The molecule has 26 heavy (non-hydrogen) atoms. The van der Waals surface area contributed by atoms with Gasteiger partial charge in [-0.3, -0.25) is 0 Å². The predicted molar refractivity (Wildman–Crippen MR) is 113 cm³/mol. The molecule has 1 heterocycles. The van der Waals surface area contributed by atoms with Gasteiger partial charge in [0, 0.05) is 16.5 Å². The molecule has 2 aliphatic carbocycles. The normalized spacial score (nSPS) is 22.5. The molecule has 1 saturated carbocycles. The molecule has 0 amide bonds. The minimum Gasteiger partial charge on any atom is -0.507 e. The van der Waals surface area contributed by atoms with Crippen molar-refractivity contribution >= 4 is 23.0 Å². The van der Waals surface area contributed by atoms with Crippen LogP contribution in [0.15, 0.2) is 22.6 Å². The lowest BCUT2D eigenvalue weighted by Gasteiger charge is -2.44. The van der Waals surface area contributed by atoms with Gasteiger partial charge in [-0.1, -0.05) is 33.1 Å². The van der Waals surface area contributed by atoms with Gasteiger partial charge in [0.15, 0.2) is 0 Å². The molecule has 4 rings (SSSR count). The fourth-order valence-corrected chi connectivity index (χ4v) is 6.59. The Bertz CT molecular complexity index is 698. The van der Waals surface area contributed by atoms with Crippen molar-refractivity contribution in [2.45, 2.75) is 100 Å². The van der Waals surface area contributed by atoms with Crippen LogP contribution in [0.25, 0.3) is 5.57 Å². The number of phenolic OH excluding ortho intramolecular Hbond substituents is 1. The van der Waals surface area contributed by atoms with Crippen molar-refractivity contribution in [3.8, 4) is 5.75 Å². The van der Waals surface area contributed by atoms with Crippen LogP contribution < -0.4 is 5.32 Å². The van der Waals surface area contributed by atoms with Crippen molar-refractivity contribution in [2.75, 3.05) is 5.32 Å². The molecule has 0 atom stereocenters. The number of rotatable bonds is 4. The summed E-state index contributed by atoms with van der Waals surface area (Å²) in [7, 11) is 0. The summed E-state index contributed by atoms with van der Waals surface area (Å²) in [6.45, 7) is 4.64. The van der Waals surface area contributed by atoms with Gasteiger partial charge in [0.2, 0.25) is 0 Å². The summed E-state index contributed by atoms with van der Waals surface area (Å²) in [5, 5.41) is 15.4. The molecule has 142 valence electrons. The molecule has 0 aromatic heterocycles. The van der Waals surface area contributed by atoms with Gasteiger partial charge >= 0.3 is 0 Å². The molecule has 0 saturated heterocycles. The Morgan fingerprint density at radius 2 is 1.77 bits per heavy atom. The number of nitrogens with one attached hydrogen (secondary N) is 1. The zero-order valence-electron chi connectivity index (χ0n) is 16.4. The van der Waals surface area contributed by atoms with Crippen LogP contribution in [0.1, 0.15) is 90.0 Å². The lowest BCUT2D eigenvalue weighted by molar-refractivity contribution is 0.456. The fourth-order valence-electron chi connectivity index (χ4n) is 5.30. The minimum absolute atomic E-state index is 0.118. The molecule has 3 heteroatoms. The Kier molecular flexibility index (Phi) is 5.27. The van der Waals surface area contributed by atoms with Gasteiger partial charge in [-0.05, 0) is 74.6 Å². The molecule has 0 radical (unpaired) electrons. The number of allylic oxidation sites excluding steroid dienone is 1. The molecular weight excluding hydrogens is 338 g/mol. The number of anilines is 1. The molecule has 2 nitrogen and oxygen atoms in total. The summed E-state index contributed by atoms with van der Waals surface area (Å²) < 4.78 is 0. The van der Waals surface area contributed by atoms with Crippen LogP contribution in [0.4, 0.5) is 5.69 Å². The minimum atomic E-state index is 0.118. The first-order chi connectivity index (χ1) is 12.7. The Balaban J connectivity index is 1.72. The maximum Gasteiger partial charge on any atom is 0.129 e. The SMILES string of the molecule is CCC1(CC)Nc2cc(SC3CCCCC3)c(O)cc2C2=C1CCCC2. The largest absolute Gasteiger partial charge is 0.507 e. The van der Waals surface area contributed by atoms with E-state index in [1.807, 2.05) is 11.8 Å². The molecule has 0 unspecified atom stereocenters. The van der Waals surface area contributed by atoms with Crippen molar-refractivity contribution in [3.63, 3.8) is 0 Å². The van der Waals surface area contributed by atoms with Gasteiger partial charge in [-0.2, -0.15) is 0 Å². The molecule has 2 N–H and O–H groups in total. The summed E-state index contributed by atoms with van der Waals surface area (Å²) in [5.74, 6) is 0.485. The fraction of sp³-hybridized carbons (Fsp3) is 0.652. The van der Waals surface area contributed by atoms with Gasteiger partial charge in [-0.25, -0.2) is 0 Å². The zero-order chi connectivity index (χ0) is 18.1. The van der Waals surface area contributed by atoms with Gasteiger partial charge in [-0.15, -0.1) is 11.8 Å². The van der Waals surface area contributed by atoms with E-state index in [1.165, 1.54) is 74.6 Å². The highest BCUT2D eigenvalue weighted by atomic mass is 32.2. The number of fused-ring (bicyclic) bond motifs is 2. The second kappa shape index (κ2) is 7.50. The van der Waals surface area contributed by atoms with Crippen LogP contribution in [-0.2, 0) is 0 Å². The molecule has 1 aliphatic heterocycles. The summed E-state index contributed by atoms with van der Waals surface area (Å²) >= 11 is 1.90. The lowest BCUT2D eigenvalue weighted by Crippen LogP contribution is -2.43. The highest BCUT2D eigenvalue weighted by molar-refractivity contribution is 8.00. The highest BCUT2D eigenvalue weighted by Crippen LogP contribution is 2.51. The maximum absolute atomic E-state index is 10.8. The van der Waals surface area contributed by atoms with E-state index in [1.54, 1.807) is 5.57 Å². The van der Waals surface area contributed by atoms with E-state index in [2.05, 4.69) is 31.3 Å². The Hall–Kier alpha value is -1.09. The molecule has 1 fully saturated rings. The van der Waals surface area contributed by atoms with E-state index in [0.29, 0.717) is 11.0 Å². The summed E-state index contributed by atoms with van der Waals surface area (Å²) in [6.07, 6.45) is 13.9. The van der Waals surface area contributed by atoms with E-state index >= 15 is 0 Å². The topological polar surface area (TPSA) is 32.3 Å². The third-order valence-corrected chi connectivity index (χ3v) is 8.28. The summed E-state index contributed by atoms with van der Waals surface area (Å²) in [6, 6.07) is 4.31. The summed E-state index contributed by atoms with van der Waals surface area (Å²) in [5.41, 5.74) is 5.78. The van der Waals surface area contributed by atoms with Crippen molar-refractivity contribution in [1.82, 2.24) is 0 Å². The molecule has 3 aliphatic rings. The number of hydrogen-bond acceptors (Lipinski definition) is 3. The van der Waals surface area contributed by atoms with Crippen LogP contribution in [0, 0.1) is 0 Å². The van der Waals surface area contributed by atoms with E-state index < -0.39 is 0 Å². The van der Waals surface area contributed by atoms with E-state index in [0.717, 1.165) is 17.7 Å². The van der Waals surface area contributed by atoms with Gasteiger partial charge in [0.25, 0.3) is 0 Å². The van der Waals surface area contributed by atoms with Crippen molar-refractivity contribution in [3.05, 3.63) is 23.3 Å². The number of aromatic hydroxyl groups is 1. The van der Waals surface area contributed by atoms with Crippen LogP contribution in [0.3, 0.4) is 0 Å². The first kappa shape index (κ1) is 18.3.